The maximum atomic E-state index is 11.2. The number of carboxylic acids is 1. The van der Waals surface area contributed by atoms with Crippen LogP contribution in [-0.4, -0.2) is 27.1 Å². The Morgan fingerprint density at radius 1 is 1.30 bits per heavy atom. The van der Waals surface area contributed by atoms with Crippen LogP contribution in [0.25, 0.3) is 10.9 Å². The first-order valence-electron chi connectivity index (χ1n) is 9.37. The van der Waals surface area contributed by atoms with Crippen molar-refractivity contribution in [3.63, 3.8) is 0 Å². The van der Waals surface area contributed by atoms with E-state index in [0.717, 1.165) is 35.2 Å². The van der Waals surface area contributed by atoms with Gasteiger partial charge in [-0.05, 0) is 56.5 Å². The third-order valence-electron chi connectivity index (χ3n) is 5.24. The highest BCUT2D eigenvalue weighted by atomic mass is 16.5. The van der Waals surface area contributed by atoms with Gasteiger partial charge in [-0.1, -0.05) is 13.0 Å². The second-order valence-corrected chi connectivity index (χ2v) is 7.91. The number of nitrogens with zero attached hydrogens (tertiary/aromatic N) is 1. The Morgan fingerprint density at radius 2 is 2.07 bits per heavy atom. The number of nitrogens with one attached hydrogen (secondary N) is 1. The van der Waals surface area contributed by atoms with Crippen LogP contribution in [0.5, 0.6) is 5.75 Å². The molecular weight excluding hydrogens is 340 g/mol. The van der Waals surface area contributed by atoms with Gasteiger partial charge in [-0.2, -0.15) is 0 Å². The van der Waals surface area contributed by atoms with Crippen LogP contribution in [0.4, 0.5) is 0 Å². The third kappa shape index (κ3) is 3.42. The minimum Gasteiger partial charge on any atom is -0.491 e. The maximum absolute atomic E-state index is 11.2. The first kappa shape index (κ1) is 17.6. The summed E-state index contributed by atoms with van der Waals surface area (Å²) < 4.78 is 5.84. The van der Waals surface area contributed by atoms with Gasteiger partial charge < -0.3 is 14.8 Å². The number of pyridine rings is 1. The van der Waals surface area contributed by atoms with E-state index in [1.807, 2.05) is 26.0 Å². The number of ether oxygens (including phenoxy) is 1. The van der Waals surface area contributed by atoms with Crippen molar-refractivity contribution in [1.82, 2.24) is 9.97 Å². The second kappa shape index (κ2) is 6.41. The summed E-state index contributed by atoms with van der Waals surface area (Å²) in [6.45, 7) is 6.30. The maximum Gasteiger partial charge on any atom is 0.354 e. The molecule has 2 heterocycles. The van der Waals surface area contributed by atoms with Crippen LogP contribution in [0.2, 0.25) is 0 Å². The van der Waals surface area contributed by atoms with E-state index in [1.54, 1.807) is 6.07 Å². The van der Waals surface area contributed by atoms with Gasteiger partial charge in [-0.3, -0.25) is 0 Å². The van der Waals surface area contributed by atoms with E-state index in [9.17, 15) is 9.90 Å². The number of H-pyrrole nitrogens is 1. The minimum atomic E-state index is -0.999. The van der Waals surface area contributed by atoms with Crippen LogP contribution in [0.15, 0.2) is 36.4 Å². The van der Waals surface area contributed by atoms with Gasteiger partial charge in [-0.25, -0.2) is 9.78 Å². The van der Waals surface area contributed by atoms with Crippen molar-refractivity contribution in [2.24, 2.45) is 0 Å². The first-order valence-corrected chi connectivity index (χ1v) is 9.37. The standard InChI is InChI=1S/C22H24N2O3/c1-13(2)27-15-7-8-16-17(11-14-5-4-6-18(23-14)21(25)26)20(22(3)9-10-22)24-19(16)12-15/h4-8,12-13,24H,9-11H2,1-3H3,(H,25,26). The molecule has 0 atom stereocenters. The van der Waals surface area contributed by atoms with Gasteiger partial charge in [0.25, 0.3) is 0 Å². The van der Waals surface area contributed by atoms with Crippen molar-refractivity contribution in [1.29, 1.82) is 0 Å². The molecule has 0 radical (unpaired) electrons. The normalized spacial score (nSPS) is 15.3. The average molecular weight is 364 g/mol. The molecule has 2 aromatic heterocycles. The Labute approximate surface area is 158 Å². The molecule has 0 bridgehead atoms. The predicted molar refractivity (Wildman–Crippen MR) is 105 cm³/mol. The zero-order valence-electron chi connectivity index (χ0n) is 15.9. The summed E-state index contributed by atoms with van der Waals surface area (Å²) in [5, 5.41) is 10.4. The van der Waals surface area contributed by atoms with E-state index in [2.05, 4.69) is 29.0 Å². The Kier molecular flexibility index (Phi) is 4.17. The number of aromatic carboxylic acids is 1. The van der Waals surface area contributed by atoms with Gasteiger partial charge in [-0.15, -0.1) is 0 Å². The van der Waals surface area contributed by atoms with Crippen LogP contribution < -0.4 is 4.74 Å². The van der Waals surface area contributed by atoms with Crippen molar-refractivity contribution < 1.29 is 14.6 Å². The summed E-state index contributed by atoms with van der Waals surface area (Å²) in [5.74, 6) is -0.149. The van der Waals surface area contributed by atoms with Crippen molar-refractivity contribution in [3.05, 3.63) is 59.0 Å². The number of rotatable bonds is 6. The molecule has 140 valence electrons. The molecule has 1 fully saturated rings. The highest BCUT2D eigenvalue weighted by molar-refractivity contribution is 5.87. The van der Waals surface area contributed by atoms with Gasteiger partial charge >= 0.3 is 5.97 Å². The first-order chi connectivity index (χ1) is 12.9. The number of hydrogen-bond donors (Lipinski definition) is 2. The predicted octanol–water partition coefficient (Wildman–Crippen LogP) is 4.69. The topological polar surface area (TPSA) is 75.2 Å². The lowest BCUT2D eigenvalue weighted by molar-refractivity contribution is 0.0690. The van der Waals surface area contributed by atoms with Crippen LogP contribution in [-0.2, 0) is 11.8 Å². The Balaban J connectivity index is 1.78. The Morgan fingerprint density at radius 3 is 2.74 bits per heavy atom. The van der Waals surface area contributed by atoms with E-state index >= 15 is 0 Å². The number of aromatic nitrogens is 2. The van der Waals surface area contributed by atoms with Crippen LogP contribution in [0, 0.1) is 0 Å². The van der Waals surface area contributed by atoms with Crippen molar-refractivity contribution in [3.8, 4) is 5.75 Å². The van der Waals surface area contributed by atoms with Gasteiger partial charge in [0, 0.05) is 40.2 Å². The molecule has 1 saturated carbocycles. The van der Waals surface area contributed by atoms with Crippen molar-refractivity contribution >= 4 is 16.9 Å². The molecule has 0 amide bonds. The molecule has 1 aliphatic rings. The molecule has 3 aromatic rings. The molecule has 1 aliphatic carbocycles. The highest BCUT2D eigenvalue weighted by Crippen LogP contribution is 2.50. The lowest BCUT2D eigenvalue weighted by Crippen LogP contribution is -2.07. The minimum absolute atomic E-state index is 0.0825. The van der Waals surface area contributed by atoms with Crippen LogP contribution in [0.3, 0.4) is 0 Å². The fourth-order valence-corrected chi connectivity index (χ4v) is 3.59. The van der Waals surface area contributed by atoms with E-state index in [1.165, 1.54) is 17.3 Å². The molecular formula is C22H24N2O3. The Bertz CT molecular complexity index is 1020. The zero-order chi connectivity index (χ0) is 19.2. The molecule has 5 nitrogen and oxygen atoms in total. The quantitative estimate of drug-likeness (QED) is 0.665. The lowest BCUT2D eigenvalue weighted by atomic mass is 9.96. The SMILES string of the molecule is CC(C)Oc1ccc2c(Cc3cccc(C(=O)O)n3)c(C3(C)CC3)[nH]c2c1. The molecule has 0 aliphatic heterocycles. The van der Waals surface area contributed by atoms with Gasteiger partial charge in [0.2, 0.25) is 0 Å². The number of carbonyl (C=O) groups is 1. The monoisotopic (exact) mass is 364 g/mol. The van der Waals surface area contributed by atoms with Gasteiger partial charge in [0.05, 0.1) is 6.10 Å². The van der Waals surface area contributed by atoms with Crippen LogP contribution in [0.1, 0.15) is 61.1 Å². The number of hydrogen-bond acceptors (Lipinski definition) is 3. The van der Waals surface area contributed by atoms with E-state index < -0.39 is 5.97 Å². The average Bonchev–Trinajstić information content (AvgIpc) is 3.26. The molecule has 5 heteroatoms. The molecule has 0 unspecified atom stereocenters. The molecule has 1 aromatic carbocycles. The van der Waals surface area contributed by atoms with E-state index in [0.29, 0.717) is 6.42 Å². The summed E-state index contributed by atoms with van der Waals surface area (Å²) >= 11 is 0. The number of fused-ring (bicyclic) bond motifs is 1. The summed E-state index contributed by atoms with van der Waals surface area (Å²) in [6, 6.07) is 11.3. The molecule has 4 rings (SSSR count). The third-order valence-corrected chi connectivity index (χ3v) is 5.24. The molecule has 27 heavy (non-hydrogen) atoms. The van der Waals surface area contributed by atoms with Gasteiger partial charge in [0.1, 0.15) is 11.4 Å². The number of carboxylic acid groups (broad SMARTS) is 1. The molecule has 0 spiro atoms. The smallest absolute Gasteiger partial charge is 0.354 e. The highest BCUT2D eigenvalue weighted by Gasteiger charge is 2.42. The van der Waals surface area contributed by atoms with Crippen LogP contribution >= 0.6 is 0 Å². The van der Waals surface area contributed by atoms with Crippen molar-refractivity contribution in [2.45, 2.75) is 51.6 Å². The molecule has 2 N–H and O–H groups in total. The van der Waals surface area contributed by atoms with Gasteiger partial charge in [0.15, 0.2) is 0 Å². The second-order valence-electron chi connectivity index (χ2n) is 7.91. The Hall–Kier alpha value is -2.82. The zero-order valence-corrected chi connectivity index (χ0v) is 15.9. The fraction of sp³-hybridized carbons (Fsp3) is 0.364. The summed E-state index contributed by atoms with van der Waals surface area (Å²) in [5.41, 5.74) is 4.51. The summed E-state index contributed by atoms with van der Waals surface area (Å²) in [6.07, 6.45) is 3.05. The summed E-state index contributed by atoms with van der Waals surface area (Å²) in [4.78, 5) is 19.2. The van der Waals surface area contributed by atoms with E-state index in [4.69, 9.17) is 4.74 Å². The molecule has 0 saturated heterocycles. The summed E-state index contributed by atoms with van der Waals surface area (Å²) in [7, 11) is 0. The van der Waals surface area contributed by atoms with Crippen molar-refractivity contribution in [2.75, 3.05) is 0 Å². The number of benzene rings is 1. The fourth-order valence-electron chi connectivity index (χ4n) is 3.59. The van der Waals surface area contributed by atoms with E-state index in [-0.39, 0.29) is 17.2 Å². The number of aromatic amines is 1. The lowest BCUT2D eigenvalue weighted by Gasteiger charge is -2.11. The largest absolute Gasteiger partial charge is 0.491 e.